The van der Waals surface area contributed by atoms with Crippen LogP contribution in [0.4, 0.5) is 0 Å². The minimum absolute atomic E-state index is 0.101. The Kier molecular flexibility index (Phi) is 3.26. The van der Waals surface area contributed by atoms with Crippen LogP contribution in [0, 0.1) is 24.2 Å². The van der Waals surface area contributed by atoms with E-state index in [0.717, 1.165) is 0 Å². The second-order valence-corrected chi connectivity index (χ2v) is 3.37. The Morgan fingerprint density at radius 3 is 2.09 bits per heavy atom. The lowest BCUT2D eigenvalue weighted by molar-refractivity contribution is 0.600. The second kappa shape index (κ2) is 3.53. The lowest BCUT2D eigenvalue weighted by Gasteiger charge is -2.29. The van der Waals surface area contributed by atoms with Gasteiger partial charge in [-0.2, -0.15) is 5.57 Å². The van der Waals surface area contributed by atoms with Crippen molar-refractivity contribution in [2.24, 2.45) is 5.41 Å². The third kappa shape index (κ3) is 2.35. The van der Waals surface area contributed by atoms with Crippen LogP contribution in [-0.4, -0.2) is 0 Å². The predicted molar refractivity (Wildman–Crippen MR) is 51.0 cm³/mol. The third-order valence-electron chi connectivity index (χ3n) is 2.32. The molecule has 0 N–H and O–H groups in total. The quantitative estimate of drug-likeness (QED) is 0.418. The molecule has 0 aromatic heterocycles. The summed E-state index contributed by atoms with van der Waals surface area (Å²) in [5.74, 6) is 2.78. The Hall–Kier alpha value is -0.830. The van der Waals surface area contributed by atoms with Crippen molar-refractivity contribution in [1.82, 2.24) is 0 Å². The molecule has 62 valence electrons. The van der Waals surface area contributed by atoms with Gasteiger partial charge in [-0.1, -0.05) is 20.8 Å². The molecule has 0 aliphatic rings. The van der Waals surface area contributed by atoms with Gasteiger partial charge in [0.2, 0.25) is 0 Å². The van der Waals surface area contributed by atoms with Crippen molar-refractivity contribution in [1.29, 1.82) is 0 Å². The highest BCUT2D eigenvalue weighted by atomic mass is 14.2. The zero-order chi connectivity index (χ0) is 9.07. The van der Waals surface area contributed by atoms with Gasteiger partial charge < -0.3 is 0 Å². The van der Waals surface area contributed by atoms with E-state index >= 15 is 0 Å². The Bertz CT molecular complexity index is 199. The summed E-state index contributed by atoms with van der Waals surface area (Å²) in [4.78, 5) is 0. The van der Waals surface area contributed by atoms with E-state index in [0.29, 0.717) is 0 Å². The van der Waals surface area contributed by atoms with Gasteiger partial charge in [0.05, 0.1) is 0 Å². The summed E-state index contributed by atoms with van der Waals surface area (Å²) in [5.41, 5.74) is 2.46. The van der Waals surface area contributed by atoms with Gasteiger partial charge >= 0.3 is 0 Å². The van der Waals surface area contributed by atoms with Crippen molar-refractivity contribution in [3.63, 3.8) is 0 Å². The molecule has 0 spiro atoms. The van der Waals surface area contributed by atoms with Crippen LogP contribution >= 0.6 is 0 Å². The molecule has 0 unspecified atom stereocenters. The van der Waals surface area contributed by atoms with E-state index in [9.17, 15) is 0 Å². The molecule has 0 fully saturated rings. The van der Waals surface area contributed by atoms with E-state index in [1.54, 1.807) is 0 Å². The number of hydrogen-bond acceptors (Lipinski definition) is 0. The zero-order valence-corrected chi connectivity index (χ0v) is 8.15. The van der Waals surface area contributed by atoms with Crippen LogP contribution < -0.4 is 0 Å². The first-order valence-electron chi connectivity index (χ1n) is 3.90. The Morgan fingerprint density at radius 2 is 1.82 bits per heavy atom. The Morgan fingerprint density at radius 1 is 1.36 bits per heavy atom. The van der Waals surface area contributed by atoms with E-state index in [1.165, 1.54) is 11.1 Å². The maximum Gasteiger partial charge on any atom is -0.0179 e. The molecule has 0 nitrogen and oxygen atoms in total. The first-order chi connectivity index (χ1) is 4.95. The molecule has 0 aliphatic heterocycles. The van der Waals surface area contributed by atoms with E-state index in [4.69, 9.17) is 6.42 Å². The van der Waals surface area contributed by atoms with E-state index in [-0.39, 0.29) is 5.41 Å². The van der Waals surface area contributed by atoms with Crippen LogP contribution in [0.3, 0.4) is 0 Å². The molecule has 0 heteroatoms. The summed E-state index contributed by atoms with van der Waals surface area (Å²) >= 11 is 0. The summed E-state index contributed by atoms with van der Waals surface area (Å²) in [5, 5.41) is 0. The molecule has 0 bridgehead atoms. The predicted octanol–water partition coefficient (Wildman–Crippen LogP) is 3.21. The molecule has 0 amide bonds. The van der Waals surface area contributed by atoms with Crippen LogP contribution in [-0.2, 0) is 0 Å². The van der Waals surface area contributed by atoms with Gasteiger partial charge in [-0.15, -0.1) is 26.2 Å². The molecule has 0 aliphatic carbocycles. The highest BCUT2D eigenvalue weighted by Gasteiger charge is 2.09. The third-order valence-corrected chi connectivity index (χ3v) is 2.32. The molecule has 11 heavy (non-hydrogen) atoms. The van der Waals surface area contributed by atoms with Crippen LogP contribution in [0.2, 0.25) is 0 Å². The number of terminal acetylenes is 1. The molecule has 0 radical (unpaired) electrons. The minimum atomic E-state index is -0.101. The lowest BCUT2D eigenvalue weighted by Crippen LogP contribution is -2.11. The number of hydrogen-bond donors (Lipinski definition) is 0. The average Bonchev–Trinajstić information content (AvgIpc) is 2.01. The first kappa shape index (κ1) is 10.2. The molecule has 0 heterocycles. The smallest absolute Gasteiger partial charge is 0.0179 e. The van der Waals surface area contributed by atoms with Crippen molar-refractivity contribution in [3.8, 4) is 12.3 Å². The van der Waals surface area contributed by atoms with Crippen LogP contribution in [0.1, 0.15) is 34.6 Å². The molecular formula is C11H17-. The summed E-state index contributed by atoms with van der Waals surface area (Å²) < 4.78 is 0. The zero-order valence-electron chi connectivity index (χ0n) is 8.15. The normalized spacial score (nSPS) is 13.5. The van der Waals surface area contributed by atoms with Crippen LogP contribution in [0.25, 0.3) is 0 Å². The van der Waals surface area contributed by atoms with Gasteiger partial charge in [0.1, 0.15) is 0 Å². The minimum Gasteiger partial charge on any atom is -0.230 e. The summed E-state index contributed by atoms with van der Waals surface area (Å²) in [7, 11) is 0. The highest BCUT2D eigenvalue weighted by Crippen LogP contribution is 2.27. The van der Waals surface area contributed by atoms with Crippen molar-refractivity contribution in [2.75, 3.05) is 0 Å². The van der Waals surface area contributed by atoms with Crippen molar-refractivity contribution in [3.05, 3.63) is 17.6 Å². The molecule has 0 aromatic rings. The first-order valence-corrected chi connectivity index (χ1v) is 3.90. The van der Waals surface area contributed by atoms with Crippen molar-refractivity contribution < 1.29 is 0 Å². The maximum absolute atomic E-state index is 5.40. The SMILES string of the molecule is C#CC(C)(C)C(C)=C(C)[CH-]C. The summed E-state index contributed by atoms with van der Waals surface area (Å²) in [6.45, 7) is 10.3. The van der Waals surface area contributed by atoms with Crippen molar-refractivity contribution in [2.45, 2.75) is 34.6 Å². The van der Waals surface area contributed by atoms with Gasteiger partial charge in [0.25, 0.3) is 0 Å². The highest BCUT2D eigenvalue weighted by molar-refractivity contribution is 5.29. The molecule has 0 saturated carbocycles. The molecule has 0 aromatic carbocycles. The largest absolute Gasteiger partial charge is 0.230 e. The van der Waals surface area contributed by atoms with E-state index in [2.05, 4.69) is 40.0 Å². The Balaban J connectivity index is 4.76. The van der Waals surface area contributed by atoms with Crippen LogP contribution in [0.15, 0.2) is 11.1 Å². The maximum atomic E-state index is 5.40. The fraction of sp³-hybridized carbons (Fsp3) is 0.545. The van der Waals surface area contributed by atoms with Gasteiger partial charge in [-0.05, 0) is 5.41 Å². The number of allylic oxidation sites excluding steroid dienone is 2. The van der Waals surface area contributed by atoms with Gasteiger partial charge in [0.15, 0.2) is 0 Å². The molecule has 0 rings (SSSR count). The van der Waals surface area contributed by atoms with Crippen LogP contribution in [0.5, 0.6) is 0 Å². The van der Waals surface area contributed by atoms with E-state index in [1.807, 2.05) is 6.92 Å². The van der Waals surface area contributed by atoms with Crippen molar-refractivity contribution >= 4 is 0 Å². The average molecular weight is 149 g/mol. The molecule has 0 saturated heterocycles. The molecule has 0 atom stereocenters. The fourth-order valence-electron chi connectivity index (χ4n) is 0.818. The second-order valence-electron chi connectivity index (χ2n) is 3.37. The topological polar surface area (TPSA) is 0 Å². The standard InChI is InChI=1S/C11H17/c1-7-9(3)10(4)11(5,6)8-2/h2,7H,1,3-6H3/q-1. The van der Waals surface area contributed by atoms with E-state index < -0.39 is 0 Å². The Labute approximate surface area is 70.7 Å². The van der Waals surface area contributed by atoms with Gasteiger partial charge in [0, 0.05) is 0 Å². The summed E-state index contributed by atoms with van der Waals surface area (Å²) in [6, 6.07) is 0. The summed E-state index contributed by atoms with van der Waals surface area (Å²) in [6.07, 6.45) is 7.49. The molecular weight excluding hydrogens is 132 g/mol. The monoisotopic (exact) mass is 149 g/mol. The van der Waals surface area contributed by atoms with Gasteiger partial charge in [-0.3, -0.25) is 0 Å². The lowest BCUT2D eigenvalue weighted by atomic mass is 9.83. The number of rotatable bonds is 2. The van der Waals surface area contributed by atoms with Gasteiger partial charge in [-0.25, -0.2) is 12.0 Å². The fourth-order valence-corrected chi connectivity index (χ4v) is 0.818.